The van der Waals surface area contributed by atoms with Crippen molar-refractivity contribution in [3.63, 3.8) is 0 Å². The van der Waals surface area contributed by atoms with E-state index in [0.717, 1.165) is 16.0 Å². The lowest BCUT2D eigenvalue weighted by molar-refractivity contribution is -0.134. The number of halogens is 3. The van der Waals surface area contributed by atoms with E-state index in [2.05, 4.69) is 20.6 Å². The van der Waals surface area contributed by atoms with E-state index < -0.39 is 24.7 Å². The average Bonchev–Trinajstić information content (AvgIpc) is 3.37. The molecule has 2 amide bonds. The van der Waals surface area contributed by atoms with Crippen molar-refractivity contribution >= 4 is 23.3 Å². The lowest BCUT2D eigenvalue weighted by atomic mass is 10.0. The van der Waals surface area contributed by atoms with Crippen molar-refractivity contribution in [2.75, 3.05) is 23.9 Å². The number of amides is 2. The molecule has 0 spiro atoms. The van der Waals surface area contributed by atoms with Gasteiger partial charge in [0.2, 0.25) is 5.91 Å². The first-order chi connectivity index (χ1) is 19.1. The van der Waals surface area contributed by atoms with E-state index in [4.69, 9.17) is 4.74 Å². The Morgan fingerprint density at radius 2 is 1.90 bits per heavy atom. The first-order valence-corrected chi connectivity index (χ1v) is 12.4. The molecule has 0 saturated carbocycles. The Morgan fingerprint density at radius 3 is 2.60 bits per heavy atom. The number of fused-ring (bicyclic) bond motifs is 1. The monoisotopic (exact) mass is 550 g/mol. The predicted molar refractivity (Wildman–Crippen MR) is 142 cm³/mol. The molecule has 0 aliphatic carbocycles. The second-order valence-electron chi connectivity index (χ2n) is 9.33. The summed E-state index contributed by atoms with van der Waals surface area (Å²) in [6.07, 6.45) is -0.711. The normalized spacial score (nSPS) is 15.4. The van der Waals surface area contributed by atoms with Crippen LogP contribution in [-0.4, -0.2) is 51.6 Å². The zero-order valence-electron chi connectivity index (χ0n) is 21.6. The van der Waals surface area contributed by atoms with E-state index in [0.29, 0.717) is 34.8 Å². The fourth-order valence-electron chi connectivity index (χ4n) is 4.75. The Hall–Kier alpha value is -4.74. The maximum atomic E-state index is 13.4. The number of rotatable bonds is 6. The SMILES string of the molecule is COc1cc(-c2cn(C3CCc4ccccc4N(CC(F)(F)F)C3=O)nn2)ccc1-c1ccc(NC(C)=O)nc1. The number of hydrogen-bond acceptors (Lipinski definition) is 6. The average molecular weight is 551 g/mol. The zero-order chi connectivity index (χ0) is 28.4. The number of benzene rings is 2. The number of hydrogen-bond donors (Lipinski definition) is 1. The van der Waals surface area contributed by atoms with Crippen molar-refractivity contribution in [1.29, 1.82) is 0 Å². The van der Waals surface area contributed by atoms with E-state index >= 15 is 0 Å². The molecule has 1 atom stereocenters. The molecule has 1 N–H and O–H groups in total. The Labute approximate surface area is 227 Å². The van der Waals surface area contributed by atoms with E-state index in [1.165, 1.54) is 24.8 Å². The van der Waals surface area contributed by atoms with Crippen molar-refractivity contribution in [1.82, 2.24) is 20.0 Å². The van der Waals surface area contributed by atoms with Gasteiger partial charge >= 0.3 is 6.18 Å². The number of alkyl halides is 3. The minimum absolute atomic E-state index is 0.224. The molecular formula is C28H25F3N6O3. The van der Waals surface area contributed by atoms with Crippen LogP contribution in [0, 0.1) is 0 Å². The number of aryl methyl sites for hydroxylation is 1. The highest BCUT2D eigenvalue weighted by atomic mass is 19.4. The molecule has 2 aromatic heterocycles. The number of nitrogens with one attached hydrogen (secondary N) is 1. The molecule has 0 saturated heterocycles. The number of nitrogens with zero attached hydrogens (tertiary/aromatic N) is 5. The summed E-state index contributed by atoms with van der Waals surface area (Å²) >= 11 is 0. The molecule has 4 aromatic rings. The topological polar surface area (TPSA) is 102 Å². The minimum atomic E-state index is -4.57. The van der Waals surface area contributed by atoms with Gasteiger partial charge in [0.15, 0.2) is 0 Å². The Morgan fingerprint density at radius 1 is 1.12 bits per heavy atom. The van der Waals surface area contributed by atoms with Gasteiger partial charge in [0.05, 0.1) is 13.3 Å². The zero-order valence-corrected chi connectivity index (χ0v) is 21.6. The highest BCUT2D eigenvalue weighted by Crippen LogP contribution is 2.36. The van der Waals surface area contributed by atoms with Gasteiger partial charge in [0, 0.05) is 35.5 Å². The van der Waals surface area contributed by atoms with Crippen LogP contribution in [0.2, 0.25) is 0 Å². The lowest BCUT2D eigenvalue weighted by Crippen LogP contribution is -2.42. The molecule has 2 aromatic carbocycles. The Balaban J connectivity index is 1.42. The molecule has 5 rings (SSSR count). The third-order valence-corrected chi connectivity index (χ3v) is 6.56. The number of ether oxygens (including phenoxy) is 1. The largest absolute Gasteiger partial charge is 0.496 e. The summed E-state index contributed by atoms with van der Waals surface area (Å²) in [4.78, 5) is 29.7. The maximum Gasteiger partial charge on any atom is 0.406 e. The number of pyridine rings is 1. The van der Waals surface area contributed by atoms with Crippen molar-refractivity contribution in [2.45, 2.75) is 32.0 Å². The smallest absolute Gasteiger partial charge is 0.406 e. The predicted octanol–water partition coefficient (Wildman–Crippen LogP) is 5.06. The molecule has 0 bridgehead atoms. The van der Waals surface area contributed by atoms with Gasteiger partial charge in [0.1, 0.15) is 29.8 Å². The Kier molecular flexibility index (Phi) is 7.24. The Bertz CT molecular complexity index is 1550. The van der Waals surface area contributed by atoms with Gasteiger partial charge in [0.25, 0.3) is 5.91 Å². The first-order valence-electron chi connectivity index (χ1n) is 12.4. The number of carbonyl (C=O) groups is 2. The van der Waals surface area contributed by atoms with E-state index in [1.807, 2.05) is 6.07 Å². The van der Waals surface area contributed by atoms with Crippen LogP contribution in [-0.2, 0) is 16.0 Å². The second kappa shape index (κ2) is 10.8. The molecule has 9 nitrogen and oxygen atoms in total. The van der Waals surface area contributed by atoms with Gasteiger partial charge in [-0.25, -0.2) is 9.67 Å². The fraction of sp³-hybridized carbons (Fsp3) is 0.250. The van der Waals surface area contributed by atoms with E-state index in [1.54, 1.807) is 54.9 Å². The minimum Gasteiger partial charge on any atom is -0.496 e. The number of methoxy groups -OCH3 is 1. The van der Waals surface area contributed by atoms with Crippen LogP contribution >= 0.6 is 0 Å². The summed E-state index contributed by atoms with van der Waals surface area (Å²) < 4.78 is 47.2. The standard InChI is InChI=1S/C28H25F3N6O3/c1-17(38)33-26-12-9-20(14-32-26)21-10-7-19(13-25(21)40-2)22-15-37(35-34-22)24-11-8-18-5-3-4-6-23(18)36(27(24)39)16-28(29,30)31/h3-7,9-10,12-15,24H,8,11,16H2,1-2H3,(H,32,33,38). The summed E-state index contributed by atoms with van der Waals surface area (Å²) in [7, 11) is 1.52. The van der Waals surface area contributed by atoms with Gasteiger partial charge in [-0.3, -0.25) is 9.59 Å². The van der Waals surface area contributed by atoms with Crippen LogP contribution in [0.15, 0.2) is 67.0 Å². The molecule has 1 unspecified atom stereocenters. The van der Waals surface area contributed by atoms with Crippen molar-refractivity contribution in [3.8, 4) is 28.1 Å². The quantitative estimate of drug-likeness (QED) is 0.360. The van der Waals surface area contributed by atoms with Crippen LogP contribution in [0.1, 0.15) is 24.9 Å². The number of para-hydroxylation sites is 1. The summed E-state index contributed by atoms with van der Waals surface area (Å²) in [6.45, 7) is 0.0109. The number of aromatic nitrogens is 4. The van der Waals surface area contributed by atoms with Gasteiger partial charge in [-0.15, -0.1) is 5.10 Å². The summed E-state index contributed by atoms with van der Waals surface area (Å²) in [5.41, 5.74) is 3.51. The maximum absolute atomic E-state index is 13.4. The number of carbonyl (C=O) groups excluding carboxylic acids is 2. The fourth-order valence-corrected chi connectivity index (χ4v) is 4.75. The first kappa shape index (κ1) is 26.9. The second-order valence-corrected chi connectivity index (χ2v) is 9.33. The van der Waals surface area contributed by atoms with Gasteiger partial charge in [-0.05, 0) is 48.7 Å². The van der Waals surface area contributed by atoms with E-state index in [-0.39, 0.29) is 18.0 Å². The van der Waals surface area contributed by atoms with Crippen molar-refractivity contribution in [3.05, 3.63) is 72.6 Å². The molecular weight excluding hydrogens is 525 g/mol. The molecule has 0 fully saturated rings. The van der Waals surface area contributed by atoms with Gasteiger partial charge < -0.3 is 15.0 Å². The molecule has 1 aliphatic rings. The van der Waals surface area contributed by atoms with Crippen molar-refractivity contribution in [2.24, 2.45) is 0 Å². The van der Waals surface area contributed by atoms with E-state index in [9.17, 15) is 22.8 Å². The van der Waals surface area contributed by atoms with Crippen molar-refractivity contribution < 1.29 is 27.5 Å². The third kappa shape index (κ3) is 5.65. The van der Waals surface area contributed by atoms with Crippen LogP contribution in [0.5, 0.6) is 5.75 Å². The lowest BCUT2D eigenvalue weighted by Gasteiger charge is -2.26. The molecule has 40 heavy (non-hydrogen) atoms. The molecule has 206 valence electrons. The molecule has 12 heteroatoms. The molecule has 0 radical (unpaired) electrons. The van der Waals surface area contributed by atoms with Crippen LogP contribution < -0.4 is 15.0 Å². The van der Waals surface area contributed by atoms with Crippen LogP contribution in [0.3, 0.4) is 0 Å². The number of anilines is 2. The summed E-state index contributed by atoms with van der Waals surface area (Å²) in [5.74, 6) is 0.0344. The van der Waals surface area contributed by atoms with Gasteiger partial charge in [-0.2, -0.15) is 13.2 Å². The third-order valence-electron chi connectivity index (χ3n) is 6.56. The van der Waals surface area contributed by atoms with Gasteiger partial charge in [-0.1, -0.05) is 29.5 Å². The molecule has 3 heterocycles. The van der Waals surface area contributed by atoms with Crippen LogP contribution in [0.25, 0.3) is 22.4 Å². The highest BCUT2D eigenvalue weighted by molar-refractivity contribution is 5.97. The van der Waals surface area contributed by atoms with Crippen LogP contribution in [0.4, 0.5) is 24.7 Å². The summed E-state index contributed by atoms with van der Waals surface area (Å²) in [5, 5.41) is 10.9. The highest BCUT2D eigenvalue weighted by Gasteiger charge is 2.39. The summed E-state index contributed by atoms with van der Waals surface area (Å²) in [6, 6.07) is 14.5. The molecule has 1 aliphatic heterocycles.